The van der Waals surface area contributed by atoms with E-state index in [0.717, 1.165) is 27.4 Å². The number of aryl methyl sites for hydroxylation is 1. The van der Waals surface area contributed by atoms with E-state index < -0.39 is 0 Å². The van der Waals surface area contributed by atoms with Crippen molar-refractivity contribution in [1.29, 1.82) is 0 Å². The number of benzene rings is 2. The van der Waals surface area contributed by atoms with Crippen LogP contribution in [-0.4, -0.2) is 22.0 Å². The van der Waals surface area contributed by atoms with Crippen LogP contribution in [0, 0.1) is 6.92 Å². The van der Waals surface area contributed by atoms with Gasteiger partial charge in [-0.2, -0.15) is 0 Å². The van der Waals surface area contributed by atoms with Crippen LogP contribution in [0.4, 0.5) is 10.8 Å². The molecule has 0 unspecified atom stereocenters. The van der Waals surface area contributed by atoms with Gasteiger partial charge in [-0.05, 0) is 31.0 Å². The molecule has 0 saturated carbocycles. The molecule has 3 aromatic rings. The molecule has 1 atom stereocenters. The molecule has 0 saturated heterocycles. The highest BCUT2D eigenvalue weighted by atomic mass is 32.1. The number of carbonyl (C=O) groups excluding carboxylic acids is 2. The molecule has 0 radical (unpaired) electrons. The summed E-state index contributed by atoms with van der Waals surface area (Å²) in [5, 5.41) is 15.1. The Bertz CT molecular complexity index is 1010. The van der Waals surface area contributed by atoms with E-state index in [1.54, 1.807) is 0 Å². The zero-order valence-electron chi connectivity index (χ0n) is 14.7. The predicted octanol–water partition coefficient (Wildman–Crippen LogP) is 3.97. The molecular weight excluding hydrogens is 360 g/mol. The lowest BCUT2D eigenvalue weighted by Crippen LogP contribution is -2.16. The lowest BCUT2D eigenvalue weighted by molar-refractivity contribution is -0.118. The summed E-state index contributed by atoms with van der Waals surface area (Å²) in [6.07, 6.45) is 0.698. The summed E-state index contributed by atoms with van der Waals surface area (Å²) in [6.45, 7) is 2.02. The summed E-state index contributed by atoms with van der Waals surface area (Å²) in [5.74, 6) is -0.509. The zero-order chi connectivity index (χ0) is 18.8. The molecule has 0 bridgehead atoms. The minimum atomic E-state index is -0.288. The molecule has 27 heavy (non-hydrogen) atoms. The highest BCUT2D eigenvalue weighted by molar-refractivity contribution is 7.18. The number of hydrogen-bond acceptors (Lipinski definition) is 5. The molecule has 4 rings (SSSR count). The van der Waals surface area contributed by atoms with Gasteiger partial charge in [-0.15, -0.1) is 10.2 Å². The summed E-state index contributed by atoms with van der Waals surface area (Å²) in [7, 11) is 0. The van der Waals surface area contributed by atoms with Crippen molar-refractivity contribution in [1.82, 2.24) is 10.2 Å². The highest BCUT2D eigenvalue weighted by Crippen LogP contribution is 2.35. The average molecular weight is 378 g/mol. The Hall–Kier alpha value is -3.06. The van der Waals surface area contributed by atoms with E-state index in [2.05, 4.69) is 20.8 Å². The van der Waals surface area contributed by atoms with Crippen LogP contribution in [-0.2, 0) is 9.59 Å². The second kappa shape index (κ2) is 7.28. The number of rotatable bonds is 5. The van der Waals surface area contributed by atoms with E-state index in [9.17, 15) is 9.59 Å². The van der Waals surface area contributed by atoms with Gasteiger partial charge in [0.05, 0.1) is 5.92 Å². The van der Waals surface area contributed by atoms with Crippen molar-refractivity contribution >= 4 is 34.0 Å². The Balaban J connectivity index is 1.37. The lowest BCUT2D eigenvalue weighted by atomic mass is 9.95. The van der Waals surface area contributed by atoms with Crippen molar-refractivity contribution < 1.29 is 9.59 Å². The summed E-state index contributed by atoms with van der Waals surface area (Å²) in [4.78, 5) is 24.4. The fraction of sp³-hybridized carbons (Fsp3) is 0.200. The van der Waals surface area contributed by atoms with Crippen molar-refractivity contribution in [3.63, 3.8) is 0 Å². The van der Waals surface area contributed by atoms with Crippen LogP contribution in [0.3, 0.4) is 0 Å². The number of hydrogen-bond donors (Lipinski definition) is 2. The molecule has 0 fully saturated rings. The van der Waals surface area contributed by atoms with Gasteiger partial charge in [0.2, 0.25) is 16.9 Å². The molecule has 136 valence electrons. The van der Waals surface area contributed by atoms with E-state index in [4.69, 9.17) is 0 Å². The first kappa shape index (κ1) is 17.4. The Kier molecular flexibility index (Phi) is 4.68. The number of anilines is 2. The van der Waals surface area contributed by atoms with E-state index in [1.807, 2.05) is 55.5 Å². The quantitative estimate of drug-likeness (QED) is 0.704. The van der Waals surface area contributed by atoms with Crippen LogP contribution < -0.4 is 10.6 Å². The predicted molar refractivity (Wildman–Crippen MR) is 106 cm³/mol. The van der Waals surface area contributed by atoms with Gasteiger partial charge in [-0.3, -0.25) is 9.59 Å². The van der Waals surface area contributed by atoms with Crippen molar-refractivity contribution in [3.05, 3.63) is 59.7 Å². The maximum Gasteiger partial charge on any atom is 0.232 e. The van der Waals surface area contributed by atoms with Crippen LogP contribution in [0.1, 0.15) is 29.9 Å². The molecule has 0 aliphatic carbocycles. The monoisotopic (exact) mass is 378 g/mol. The number of nitrogens with one attached hydrogen (secondary N) is 2. The molecular formula is C20H18N4O2S. The number of para-hydroxylation sites is 1. The van der Waals surface area contributed by atoms with Gasteiger partial charge in [-0.1, -0.05) is 53.3 Å². The van der Waals surface area contributed by atoms with E-state index in [1.165, 1.54) is 11.3 Å². The first-order chi connectivity index (χ1) is 13.1. The average Bonchev–Trinajstić information content (AvgIpc) is 3.24. The first-order valence-electron chi connectivity index (χ1n) is 8.70. The molecule has 2 N–H and O–H groups in total. The maximum absolute atomic E-state index is 12.3. The van der Waals surface area contributed by atoms with Crippen molar-refractivity contribution in [2.24, 2.45) is 0 Å². The molecule has 7 heteroatoms. The number of fused-ring (bicyclic) bond motifs is 1. The van der Waals surface area contributed by atoms with Gasteiger partial charge < -0.3 is 10.6 Å². The normalized spacial score (nSPS) is 15.3. The minimum Gasteiger partial charge on any atom is -0.325 e. The van der Waals surface area contributed by atoms with Gasteiger partial charge in [0.25, 0.3) is 0 Å². The smallest absolute Gasteiger partial charge is 0.232 e. The van der Waals surface area contributed by atoms with Gasteiger partial charge in [0.1, 0.15) is 5.01 Å². The number of aromatic nitrogens is 2. The summed E-state index contributed by atoms with van der Waals surface area (Å²) >= 11 is 1.34. The number of nitrogens with zero attached hydrogens (tertiary/aromatic N) is 2. The third-order valence-corrected chi connectivity index (χ3v) is 5.39. The van der Waals surface area contributed by atoms with Crippen molar-refractivity contribution in [2.75, 3.05) is 10.6 Å². The first-order valence-corrected chi connectivity index (χ1v) is 9.52. The third-order valence-electron chi connectivity index (χ3n) is 4.51. The fourth-order valence-corrected chi connectivity index (χ4v) is 3.94. The van der Waals surface area contributed by atoms with E-state index >= 15 is 0 Å². The fourth-order valence-electron chi connectivity index (χ4n) is 3.19. The summed E-state index contributed by atoms with van der Waals surface area (Å²) in [5.41, 5.74) is 3.91. The lowest BCUT2D eigenvalue weighted by Gasteiger charge is -2.08. The van der Waals surface area contributed by atoms with Crippen LogP contribution in [0.5, 0.6) is 0 Å². The van der Waals surface area contributed by atoms with Crippen LogP contribution in [0.15, 0.2) is 48.5 Å². The standard InChI is InChI=1S/C20H18N4O2S/c1-12-5-4-6-13(11-12)19-23-24-20(27-19)22-17(25)10-9-15-14-7-2-3-8-16(14)21-18(15)26/h2-8,11,15H,9-10H2,1H3,(H,21,26)(H,22,24,25)/t15-/m1/s1. The van der Waals surface area contributed by atoms with Crippen molar-refractivity contribution in [3.8, 4) is 10.6 Å². The molecule has 1 aromatic heterocycles. The minimum absolute atomic E-state index is 0.0540. The number of amides is 2. The Morgan fingerprint density at radius 2 is 2.04 bits per heavy atom. The Morgan fingerprint density at radius 3 is 2.89 bits per heavy atom. The van der Waals surface area contributed by atoms with Gasteiger partial charge in [0, 0.05) is 17.7 Å². The Labute approximate surface area is 160 Å². The Morgan fingerprint density at radius 1 is 1.19 bits per heavy atom. The van der Waals surface area contributed by atoms with Crippen molar-refractivity contribution in [2.45, 2.75) is 25.7 Å². The molecule has 0 spiro atoms. The van der Waals surface area contributed by atoms with E-state index in [-0.39, 0.29) is 24.2 Å². The summed E-state index contributed by atoms with van der Waals surface area (Å²) in [6, 6.07) is 15.6. The highest BCUT2D eigenvalue weighted by Gasteiger charge is 2.30. The van der Waals surface area contributed by atoms with Crippen LogP contribution in [0.25, 0.3) is 10.6 Å². The molecule has 1 aliphatic rings. The van der Waals surface area contributed by atoms with Gasteiger partial charge in [0.15, 0.2) is 0 Å². The zero-order valence-corrected chi connectivity index (χ0v) is 15.5. The second-order valence-electron chi connectivity index (χ2n) is 6.50. The largest absolute Gasteiger partial charge is 0.325 e. The van der Waals surface area contributed by atoms with Crippen LogP contribution >= 0.6 is 11.3 Å². The molecule has 2 amide bonds. The van der Waals surface area contributed by atoms with Crippen LogP contribution in [0.2, 0.25) is 0 Å². The maximum atomic E-state index is 12.3. The van der Waals surface area contributed by atoms with Gasteiger partial charge in [-0.25, -0.2) is 0 Å². The molecule has 1 aliphatic heterocycles. The summed E-state index contributed by atoms with van der Waals surface area (Å²) < 4.78 is 0. The van der Waals surface area contributed by atoms with Gasteiger partial charge >= 0.3 is 0 Å². The second-order valence-corrected chi connectivity index (χ2v) is 7.48. The number of carbonyl (C=O) groups is 2. The molecule has 2 heterocycles. The van der Waals surface area contributed by atoms with E-state index in [0.29, 0.717) is 11.6 Å². The molecule has 2 aromatic carbocycles. The topological polar surface area (TPSA) is 84.0 Å². The molecule has 6 nitrogen and oxygen atoms in total. The third kappa shape index (κ3) is 3.73. The SMILES string of the molecule is Cc1cccc(-c2nnc(NC(=O)CC[C@H]3C(=O)Nc4ccccc43)s2)c1.